The van der Waals surface area contributed by atoms with Gasteiger partial charge in [-0.25, -0.2) is 33.5 Å². The van der Waals surface area contributed by atoms with E-state index in [1.165, 1.54) is 29.3 Å². The number of aromatic nitrogens is 4. The Labute approximate surface area is 459 Å². The Bertz CT molecular complexity index is 3510. The lowest BCUT2D eigenvalue weighted by Gasteiger charge is -2.36. The van der Waals surface area contributed by atoms with Crippen LogP contribution in [-0.4, -0.2) is 99.7 Å². The smallest absolute Gasteiger partial charge is 0.410 e. The van der Waals surface area contributed by atoms with Crippen LogP contribution in [0.15, 0.2) is 134 Å². The normalized spacial score (nSPS) is 14.0. The summed E-state index contributed by atoms with van der Waals surface area (Å²) < 4.78 is 35.2. The number of fused-ring (bicyclic) bond motifs is 2. The van der Waals surface area contributed by atoms with Gasteiger partial charge in [0.1, 0.15) is 28.9 Å². The Kier molecular flexibility index (Phi) is 16.2. The summed E-state index contributed by atoms with van der Waals surface area (Å²) in [6.07, 6.45) is 4.74. The number of benzene rings is 4. The number of rotatable bonds is 9. The van der Waals surface area contributed by atoms with E-state index in [2.05, 4.69) is 68.3 Å². The van der Waals surface area contributed by atoms with Crippen molar-refractivity contribution >= 4 is 68.6 Å². The highest BCUT2D eigenvalue weighted by atomic mass is 35.5. The van der Waals surface area contributed by atoms with E-state index in [1.54, 1.807) is 46.2 Å². The maximum absolute atomic E-state index is 14.9. The maximum atomic E-state index is 14.9. The third-order valence-electron chi connectivity index (χ3n) is 13.9. The molecule has 2 aliphatic heterocycles. The Morgan fingerprint density at radius 1 is 0.571 bits per heavy atom. The Morgan fingerprint density at radius 2 is 0.948 bits per heavy atom. The van der Waals surface area contributed by atoms with Crippen molar-refractivity contribution in [3.63, 3.8) is 0 Å². The number of pyridine rings is 4. The van der Waals surface area contributed by atoms with Crippen LogP contribution in [0.5, 0.6) is 0 Å². The van der Waals surface area contributed by atoms with E-state index in [4.69, 9.17) is 47.9 Å². The second kappa shape index (κ2) is 23.0. The molecule has 2 fully saturated rings. The molecule has 2 saturated heterocycles. The van der Waals surface area contributed by atoms with Crippen LogP contribution in [0.2, 0.25) is 10.0 Å². The predicted molar refractivity (Wildman–Crippen MR) is 308 cm³/mol. The standard InChI is InChI=1S/C32H34ClFN4O2.C30H28ClFN4O/c1-20(2)21-10-6-7-11-22(21)25-19-35-30(37-14-16-38(17-15-37)31(39)40-32(3,4)5)24-18-26(33)29(36-28(24)25)23-12-8-9-13-27(23)34;1-4-27(37)35-13-15-36(16-14-35)30-23-17-25(31)29(22-11-7-8-12-26(22)32)34-28(23)24(18-33-30)21-10-6-5-9-20(21)19(2)3/h6-13,18-20H,14-17H2,1-5H3;4-12,17-19H,1,13-16H2,2-3H3. The predicted octanol–water partition coefficient (Wildman–Crippen LogP) is 14.7. The highest BCUT2D eigenvalue weighted by Crippen LogP contribution is 2.42. The van der Waals surface area contributed by atoms with Gasteiger partial charge in [-0.3, -0.25) is 4.79 Å². The fourth-order valence-corrected chi connectivity index (χ4v) is 10.5. The molecule has 8 aromatic rings. The van der Waals surface area contributed by atoms with Crippen molar-refractivity contribution in [2.24, 2.45) is 0 Å². The molecule has 0 saturated carbocycles. The molecule has 0 unspecified atom stereocenters. The maximum Gasteiger partial charge on any atom is 0.410 e. The van der Waals surface area contributed by atoms with Crippen LogP contribution in [0.3, 0.4) is 0 Å². The molecule has 4 aromatic carbocycles. The largest absolute Gasteiger partial charge is 0.444 e. The van der Waals surface area contributed by atoms with Gasteiger partial charge in [-0.05, 0) is 97.3 Å². The van der Waals surface area contributed by atoms with E-state index in [9.17, 15) is 18.4 Å². The van der Waals surface area contributed by atoms with Gasteiger partial charge in [-0.2, -0.15) is 0 Å². The van der Waals surface area contributed by atoms with Gasteiger partial charge in [-0.1, -0.05) is 130 Å². The van der Waals surface area contributed by atoms with Crippen LogP contribution in [-0.2, 0) is 9.53 Å². The quantitative estimate of drug-likeness (QED) is 0.131. The van der Waals surface area contributed by atoms with E-state index in [0.717, 1.165) is 44.7 Å². The van der Waals surface area contributed by atoms with Gasteiger partial charge >= 0.3 is 6.09 Å². The summed E-state index contributed by atoms with van der Waals surface area (Å²) >= 11 is 13.5. The number of anilines is 2. The Morgan fingerprint density at radius 3 is 1.32 bits per heavy atom. The molecule has 10 rings (SSSR count). The monoisotopic (exact) mass is 1070 g/mol. The van der Waals surface area contributed by atoms with Crippen LogP contribution < -0.4 is 9.80 Å². The van der Waals surface area contributed by atoms with E-state index in [1.807, 2.05) is 69.6 Å². The van der Waals surface area contributed by atoms with E-state index in [-0.39, 0.29) is 29.6 Å². The highest BCUT2D eigenvalue weighted by Gasteiger charge is 2.30. The molecule has 2 amide bonds. The highest BCUT2D eigenvalue weighted by molar-refractivity contribution is 6.34. The van der Waals surface area contributed by atoms with E-state index in [0.29, 0.717) is 102 Å². The molecule has 6 heterocycles. The minimum atomic E-state index is -0.549. The average molecular weight is 1080 g/mol. The van der Waals surface area contributed by atoms with Gasteiger partial charge in [0.2, 0.25) is 5.91 Å². The summed E-state index contributed by atoms with van der Waals surface area (Å²) in [7, 11) is 0. The zero-order valence-electron chi connectivity index (χ0n) is 44.5. The number of halogens is 4. The molecular formula is C62H62Cl2F2N8O3. The van der Waals surface area contributed by atoms with Crippen molar-refractivity contribution in [2.45, 2.75) is 65.9 Å². The first-order valence-electron chi connectivity index (χ1n) is 26.0. The van der Waals surface area contributed by atoms with Crippen LogP contribution in [0.4, 0.5) is 25.2 Å². The number of hydrogen-bond acceptors (Lipinski definition) is 9. The molecule has 15 heteroatoms. The van der Waals surface area contributed by atoms with Gasteiger partial charge in [0.15, 0.2) is 0 Å². The first-order valence-corrected chi connectivity index (χ1v) is 26.7. The van der Waals surface area contributed by atoms with Gasteiger partial charge in [0, 0.05) is 97.8 Å². The summed E-state index contributed by atoms with van der Waals surface area (Å²) in [6.45, 7) is 22.4. The number of carbonyl (C=O) groups is 2. The minimum absolute atomic E-state index is 0.0719. The van der Waals surface area contributed by atoms with Crippen molar-refractivity contribution in [3.8, 4) is 44.8 Å². The molecule has 4 aromatic heterocycles. The van der Waals surface area contributed by atoms with Crippen LogP contribution in [0, 0.1) is 11.6 Å². The number of amides is 2. The number of piperazine rings is 2. The van der Waals surface area contributed by atoms with Crippen molar-refractivity contribution in [1.82, 2.24) is 29.7 Å². The van der Waals surface area contributed by atoms with Crippen molar-refractivity contribution in [1.29, 1.82) is 0 Å². The molecule has 0 radical (unpaired) electrons. The first-order chi connectivity index (χ1) is 36.9. The van der Waals surface area contributed by atoms with Crippen molar-refractivity contribution < 1.29 is 23.1 Å². The van der Waals surface area contributed by atoms with Gasteiger partial charge in [0.25, 0.3) is 0 Å². The fraction of sp³-hybridized carbons (Fsp3) is 0.290. The fourth-order valence-electron chi connectivity index (χ4n) is 10.0. The summed E-state index contributed by atoms with van der Waals surface area (Å²) in [4.78, 5) is 52.3. The Hall–Kier alpha value is -7.48. The van der Waals surface area contributed by atoms with Crippen molar-refractivity contribution in [3.05, 3.63) is 167 Å². The lowest BCUT2D eigenvalue weighted by Crippen LogP contribution is -2.50. The zero-order valence-corrected chi connectivity index (χ0v) is 46.0. The summed E-state index contributed by atoms with van der Waals surface area (Å²) in [5.74, 6) is 1.23. The molecule has 396 valence electrons. The molecule has 0 atom stereocenters. The summed E-state index contributed by atoms with van der Waals surface area (Å²) in [5.41, 5.74) is 8.52. The second-order valence-corrected chi connectivity index (χ2v) is 21.6. The number of ether oxygens (including phenoxy) is 1. The topological polar surface area (TPSA) is 108 Å². The van der Waals surface area contributed by atoms with E-state index < -0.39 is 5.60 Å². The number of nitrogens with zero attached hydrogens (tertiary/aromatic N) is 8. The molecule has 77 heavy (non-hydrogen) atoms. The zero-order chi connectivity index (χ0) is 54.7. The second-order valence-electron chi connectivity index (χ2n) is 20.8. The van der Waals surface area contributed by atoms with Crippen LogP contribution in [0.25, 0.3) is 66.6 Å². The SMILES string of the molecule is C=CC(=O)N1CCN(c2ncc(-c3ccccc3C(C)C)c3nc(-c4ccccc4F)c(Cl)cc23)CC1.CC(C)c1ccccc1-c1cnc(N2CCN(C(=O)OC(C)(C)C)CC2)c2cc(Cl)c(-c3ccccc3F)nc12. The lowest BCUT2D eigenvalue weighted by molar-refractivity contribution is -0.126. The first kappa shape index (κ1) is 54.3. The molecule has 11 nitrogen and oxygen atoms in total. The van der Waals surface area contributed by atoms with E-state index >= 15 is 0 Å². The average Bonchev–Trinajstić information content (AvgIpc) is 3.43. The third kappa shape index (κ3) is 11.6. The molecule has 0 N–H and O–H groups in total. The molecule has 2 aliphatic rings. The molecule has 0 spiro atoms. The molecular weight excluding hydrogens is 1010 g/mol. The van der Waals surface area contributed by atoms with Crippen LogP contribution >= 0.6 is 23.2 Å². The third-order valence-corrected chi connectivity index (χ3v) is 14.5. The lowest BCUT2D eigenvalue weighted by atomic mass is 9.92. The number of carbonyl (C=O) groups excluding carboxylic acids is 2. The minimum Gasteiger partial charge on any atom is -0.444 e. The summed E-state index contributed by atoms with van der Waals surface area (Å²) in [5, 5.41) is 2.29. The molecule has 0 bridgehead atoms. The molecule has 0 aliphatic carbocycles. The summed E-state index contributed by atoms with van der Waals surface area (Å²) in [6, 6.07) is 33.2. The van der Waals surface area contributed by atoms with Crippen molar-refractivity contribution in [2.75, 3.05) is 62.2 Å². The Balaban J connectivity index is 0.000000188. The van der Waals surface area contributed by atoms with Gasteiger partial charge < -0.3 is 24.3 Å². The van der Waals surface area contributed by atoms with Gasteiger partial charge in [0.05, 0.1) is 32.5 Å². The van der Waals surface area contributed by atoms with Crippen LogP contribution in [0.1, 0.15) is 71.4 Å². The number of hydrogen-bond donors (Lipinski definition) is 0. The van der Waals surface area contributed by atoms with Gasteiger partial charge in [-0.15, -0.1) is 0 Å².